The van der Waals surface area contributed by atoms with Crippen LogP contribution in [0, 0.1) is 22.7 Å². The molecule has 1 saturated carbocycles. The Balaban J connectivity index is 1.33. The second-order valence-corrected chi connectivity index (χ2v) is 10.4. The van der Waals surface area contributed by atoms with Gasteiger partial charge in [-0.2, -0.15) is 5.26 Å². The molecule has 0 bridgehead atoms. The predicted molar refractivity (Wildman–Crippen MR) is 143 cm³/mol. The number of aromatic nitrogens is 2. The zero-order valence-electron chi connectivity index (χ0n) is 20.4. The summed E-state index contributed by atoms with van der Waals surface area (Å²) in [5.41, 5.74) is 5.76. The van der Waals surface area contributed by atoms with E-state index in [4.69, 9.17) is 9.40 Å². The van der Waals surface area contributed by atoms with Crippen molar-refractivity contribution in [3.63, 3.8) is 0 Å². The smallest absolute Gasteiger partial charge is 0.145 e. The molecule has 6 nitrogen and oxygen atoms in total. The number of hydrogen-bond acceptors (Lipinski definition) is 5. The Bertz CT molecular complexity index is 1690. The van der Waals surface area contributed by atoms with E-state index in [2.05, 4.69) is 52.4 Å². The van der Waals surface area contributed by atoms with E-state index >= 15 is 0 Å². The molecule has 1 aliphatic carbocycles. The number of rotatable bonds is 6. The van der Waals surface area contributed by atoms with Crippen molar-refractivity contribution in [2.75, 3.05) is 13.1 Å². The number of fused-ring (bicyclic) bond motifs is 2. The summed E-state index contributed by atoms with van der Waals surface area (Å²) in [4.78, 5) is 18.5. The highest BCUT2D eigenvalue weighted by Gasteiger charge is 2.48. The van der Waals surface area contributed by atoms with Crippen LogP contribution in [0.25, 0.3) is 44.5 Å². The first kappa shape index (κ1) is 22.0. The fraction of sp³-hybridized carbons (Fsp3) is 0.258. The Morgan fingerprint density at radius 3 is 2.65 bits per heavy atom. The van der Waals surface area contributed by atoms with Gasteiger partial charge in [-0.1, -0.05) is 36.4 Å². The van der Waals surface area contributed by atoms with Crippen LogP contribution in [-0.4, -0.2) is 28.4 Å². The van der Waals surface area contributed by atoms with Crippen LogP contribution in [0.15, 0.2) is 77.4 Å². The summed E-state index contributed by atoms with van der Waals surface area (Å²) in [6.07, 6.45) is 4.54. The molecule has 1 saturated heterocycles. The number of nitriles is 1. The maximum Gasteiger partial charge on any atom is 0.145 e. The van der Waals surface area contributed by atoms with Gasteiger partial charge in [0, 0.05) is 30.0 Å². The van der Waals surface area contributed by atoms with Gasteiger partial charge >= 0.3 is 0 Å². The molecule has 182 valence electrons. The molecule has 6 heteroatoms. The molecule has 0 unspecified atom stereocenters. The minimum Gasteiger partial charge on any atom is -0.464 e. The fourth-order valence-corrected chi connectivity index (χ4v) is 5.82. The minimum atomic E-state index is -0.438. The zero-order valence-corrected chi connectivity index (χ0v) is 20.4. The molecule has 2 fully saturated rings. The van der Waals surface area contributed by atoms with E-state index < -0.39 is 5.41 Å². The number of imidazole rings is 1. The molecule has 1 N–H and O–H groups in total. The van der Waals surface area contributed by atoms with Crippen molar-refractivity contribution >= 4 is 27.8 Å². The van der Waals surface area contributed by atoms with Crippen LogP contribution >= 0.6 is 0 Å². The number of carbonyl (C=O) groups excluding carboxylic acids is 1. The van der Waals surface area contributed by atoms with E-state index in [0.29, 0.717) is 30.0 Å². The van der Waals surface area contributed by atoms with Crippen LogP contribution in [0.3, 0.4) is 0 Å². The average molecular weight is 487 g/mol. The first-order valence-corrected chi connectivity index (χ1v) is 12.9. The lowest BCUT2D eigenvalue weighted by molar-refractivity contribution is -0.129. The lowest BCUT2D eigenvalue weighted by Crippen LogP contribution is -2.39. The van der Waals surface area contributed by atoms with Gasteiger partial charge < -0.3 is 14.3 Å². The largest absolute Gasteiger partial charge is 0.464 e. The Hall–Kier alpha value is -4.21. The molecule has 5 aromatic rings. The van der Waals surface area contributed by atoms with Gasteiger partial charge in [0.2, 0.25) is 0 Å². The molecular weight excluding hydrogens is 460 g/mol. The number of hydrogen-bond donors (Lipinski definition) is 1. The molecular formula is C31H26N4O2. The van der Waals surface area contributed by atoms with Crippen molar-refractivity contribution in [2.24, 2.45) is 11.3 Å². The normalized spacial score (nSPS) is 19.4. The molecule has 1 aliphatic heterocycles. The van der Waals surface area contributed by atoms with Gasteiger partial charge in [0.25, 0.3) is 0 Å². The highest BCUT2D eigenvalue weighted by atomic mass is 16.3. The summed E-state index contributed by atoms with van der Waals surface area (Å²) in [5, 5.41) is 14.3. The van der Waals surface area contributed by atoms with Gasteiger partial charge in [-0.3, -0.25) is 4.79 Å². The van der Waals surface area contributed by atoms with E-state index in [1.165, 1.54) is 0 Å². The number of carbonyl (C=O) groups is 1. The van der Waals surface area contributed by atoms with Crippen LogP contribution in [0.2, 0.25) is 0 Å². The third-order valence-corrected chi connectivity index (χ3v) is 8.00. The number of benzene rings is 3. The SMILES string of the molecule is N#Cc1cccc2c1nc(-c1ccc(-c3ccc4occc4c3)cc1)n2C[C@]1(C(=O)C2CC2)CCNC1. The average Bonchev–Trinajstić information content (AvgIpc) is 3.32. The number of para-hydroxylation sites is 1. The van der Waals surface area contributed by atoms with Crippen molar-refractivity contribution in [2.45, 2.75) is 25.8 Å². The number of furan rings is 1. The van der Waals surface area contributed by atoms with E-state index in [-0.39, 0.29) is 5.92 Å². The van der Waals surface area contributed by atoms with Crippen LogP contribution < -0.4 is 5.32 Å². The van der Waals surface area contributed by atoms with Crippen LogP contribution in [0.5, 0.6) is 0 Å². The highest BCUT2D eigenvalue weighted by Crippen LogP contribution is 2.42. The molecule has 1 atom stereocenters. The molecule has 3 heterocycles. The van der Waals surface area contributed by atoms with Gasteiger partial charge in [0.15, 0.2) is 0 Å². The number of Topliss-reactive ketones (excluding diaryl/α,β-unsaturated/α-hetero) is 1. The summed E-state index contributed by atoms with van der Waals surface area (Å²) in [6.45, 7) is 2.10. The van der Waals surface area contributed by atoms with Crippen molar-refractivity contribution in [3.05, 3.63) is 78.6 Å². The van der Waals surface area contributed by atoms with Crippen molar-refractivity contribution < 1.29 is 9.21 Å². The van der Waals surface area contributed by atoms with Crippen molar-refractivity contribution in [1.82, 2.24) is 14.9 Å². The highest BCUT2D eigenvalue weighted by molar-refractivity contribution is 5.91. The molecule has 0 radical (unpaired) electrons. The monoisotopic (exact) mass is 486 g/mol. The molecule has 2 aliphatic rings. The first-order valence-electron chi connectivity index (χ1n) is 12.9. The molecule has 37 heavy (non-hydrogen) atoms. The van der Waals surface area contributed by atoms with E-state index in [1.54, 1.807) is 12.3 Å². The lowest BCUT2D eigenvalue weighted by Gasteiger charge is -2.28. The third-order valence-electron chi connectivity index (χ3n) is 8.00. The Morgan fingerprint density at radius 2 is 1.89 bits per heavy atom. The summed E-state index contributed by atoms with van der Waals surface area (Å²) in [5.74, 6) is 1.37. The molecule has 0 amide bonds. The standard InChI is InChI=1S/C31H26N4O2/c32-17-25-2-1-3-26-28(25)34-30(35(26)19-31(13-14-33-18-31)29(36)21-6-7-21)22-8-4-20(5-9-22)23-10-11-27-24(16-23)12-15-37-27/h1-5,8-12,15-16,21,33H,6-7,13-14,18-19H2/t31-/m0/s1. The summed E-state index contributed by atoms with van der Waals surface area (Å²) in [6, 6.07) is 24.6. The van der Waals surface area contributed by atoms with E-state index in [0.717, 1.165) is 64.8 Å². The second-order valence-electron chi connectivity index (χ2n) is 10.4. The molecule has 2 aromatic heterocycles. The Kier molecular flexibility index (Phi) is 5.02. The fourth-order valence-electron chi connectivity index (χ4n) is 5.82. The maximum atomic E-state index is 13.5. The quantitative estimate of drug-likeness (QED) is 0.321. The Labute approximate surface area is 214 Å². The van der Waals surface area contributed by atoms with Gasteiger partial charge in [0.1, 0.15) is 28.8 Å². The lowest BCUT2D eigenvalue weighted by atomic mass is 9.80. The van der Waals surface area contributed by atoms with Crippen molar-refractivity contribution in [3.8, 4) is 28.6 Å². The Morgan fingerprint density at radius 1 is 1.08 bits per heavy atom. The second kappa shape index (κ2) is 8.43. The zero-order chi connectivity index (χ0) is 25.0. The first-order chi connectivity index (χ1) is 18.1. The molecule has 7 rings (SSSR count). The maximum absolute atomic E-state index is 13.5. The van der Waals surface area contributed by atoms with E-state index in [9.17, 15) is 10.1 Å². The number of nitrogens with zero attached hydrogens (tertiary/aromatic N) is 3. The van der Waals surface area contributed by atoms with Gasteiger partial charge in [0.05, 0.1) is 22.8 Å². The van der Waals surface area contributed by atoms with Gasteiger partial charge in [-0.15, -0.1) is 0 Å². The van der Waals surface area contributed by atoms with Gasteiger partial charge in [-0.25, -0.2) is 4.98 Å². The van der Waals surface area contributed by atoms with Crippen LogP contribution in [-0.2, 0) is 11.3 Å². The minimum absolute atomic E-state index is 0.194. The predicted octanol–water partition coefficient (Wildman–Crippen LogP) is 5.95. The van der Waals surface area contributed by atoms with Gasteiger partial charge in [-0.05, 0) is 67.3 Å². The molecule has 0 spiro atoms. The summed E-state index contributed by atoms with van der Waals surface area (Å²) < 4.78 is 7.66. The molecule has 3 aromatic carbocycles. The van der Waals surface area contributed by atoms with E-state index in [1.807, 2.05) is 24.3 Å². The number of nitrogens with one attached hydrogen (secondary N) is 1. The summed E-state index contributed by atoms with van der Waals surface area (Å²) in [7, 11) is 0. The van der Waals surface area contributed by atoms with Crippen molar-refractivity contribution in [1.29, 1.82) is 5.26 Å². The topological polar surface area (TPSA) is 83.8 Å². The third kappa shape index (κ3) is 3.66. The number of ketones is 1. The van der Waals surface area contributed by atoms with Crippen LogP contribution in [0.1, 0.15) is 24.8 Å². The van der Waals surface area contributed by atoms with Crippen LogP contribution in [0.4, 0.5) is 0 Å². The summed E-state index contributed by atoms with van der Waals surface area (Å²) >= 11 is 0.